The largest absolute Gasteiger partial charge is 0.459 e. The molecule has 1 aliphatic heterocycles. The number of amides is 1. The predicted molar refractivity (Wildman–Crippen MR) is 86.3 cm³/mol. The van der Waals surface area contributed by atoms with Crippen molar-refractivity contribution in [3.05, 3.63) is 60.4 Å². The molecule has 0 unspecified atom stereocenters. The maximum absolute atomic E-state index is 12.4. The smallest absolute Gasteiger partial charge is 0.289 e. The number of carbonyl (C=O) groups excluding carboxylic acids is 1. The summed E-state index contributed by atoms with van der Waals surface area (Å²) >= 11 is 0. The van der Waals surface area contributed by atoms with E-state index in [1.165, 1.54) is 6.26 Å². The van der Waals surface area contributed by atoms with Crippen molar-refractivity contribution in [3.63, 3.8) is 0 Å². The van der Waals surface area contributed by atoms with E-state index in [2.05, 4.69) is 10.1 Å². The van der Waals surface area contributed by atoms with Crippen LogP contribution >= 0.6 is 0 Å². The molecular formula is C18H17N3O3. The van der Waals surface area contributed by atoms with Gasteiger partial charge in [-0.3, -0.25) is 4.79 Å². The number of furan rings is 1. The second-order valence-corrected chi connectivity index (χ2v) is 5.89. The first-order valence-electron chi connectivity index (χ1n) is 8.03. The van der Waals surface area contributed by atoms with Gasteiger partial charge in [0.1, 0.15) is 0 Å². The van der Waals surface area contributed by atoms with Crippen LogP contribution < -0.4 is 0 Å². The van der Waals surface area contributed by atoms with E-state index in [4.69, 9.17) is 8.94 Å². The van der Waals surface area contributed by atoms with Crippen LogP contribution in [0, 0.1) is 0 Å². The number of carbonyl (C=O) groups is 1. The van der Waals surface area contributed by atoms with Crippen LogP contribution in [0.15, 0.2) is 57.7 Å². The van der Waals surface area contributed by atoms with Gasteiger partial charge >= 0.3 is 0 Å². The highest BCUT2D eigenvalue weighted by Gasteiger charge is 2.30. The number of piperidine rings is 1. The lowest BCUT2D eigenvalue weighted by Gasteiger charge is -2.30. The highest BCUT2D eigenvalue weighted by Crippen LogP contribution is 2.28. The van der Waals surface area contributed by atoms with Gasteiger partial charge in [-0.1, -0.05) is 35.5 Å². The summed E-state index contributed by atoms with van der Waals surface area (Å²) in [6, 6.07) is 13.1. The minimum atomic E-state index is -0.0903. The third kappa shape index (κ3) is 2.82. The first-order valence-corrected chi connectivity index (χ1v) is 8.03. The Balaban J connectivity index is 1.50. The second-order valence-electron chi connectivity index (χ2n) is 5.89. The average molecular weight is 323 g/mol. The molecule has 0 N–H and O–H groups in total. The molecule has 6 nitrogen and oxygen atoms in total. The van der Waals surface area contributed by atoms with Gasteiger partial charge in [-0.15, -0.1) is 0 Å². The topological polar surface area (TPSA) is 72.4 Å². The van der Waals surface area contributed by atoms with Crippen LogP contribution in [-0.4, -0.2) is 34.0 Å². The molecule has 0 aliphatic carbocycles. The monoisotopic (exact) mass is 323 g/mol. The molecule has 1 atom stereocenters. The molecule has 1 aromatic carbocycles. The number of hydrogen-bond acceptors (Lipinski definition) is 5. The van der Waals surface area contributed by atoms with Crippen molar-refractivity contribution in [3.8, 4) is 11.4 Å². The third-order valence-electron chi connectivity index (χ3n) is 4.26. The Morgan fingerprint density at radius 3 is 2.83 bits per heavy atom. The van der Waals surface area contributed by atoms with Crippen LogP contribution in [0.25, 0.3) is 11.4 Å². The highest BCUT2D eigenvalue weighted by molar-refractivity contribution is 5.91. The molecule has 3 heterocycles. The molecule has 24 heavy (non-hydrogen) atoms. The number of likely N-dealkylation sites (tertiary alicyclic amines) is 1. The lowest BCUT2D eigenvalue weighted by atomic mass is 9.97. The van der Waals surface area contributed by atoms with E-state index in [9.17, 15) is 4.79 Å². The molecule has 6 heteroatoms. The Hall–Kier alpha value is -2.89. The molecule has 1 amide bonds. The first-order chi connectivity index (χ1) is 11.8. The first kappa shape index (κ1) is 14.7. The summed E-state index contributed by atoms with van der Waals surface area (Å²) < 4.78 is 10.7. The fourth-order valence-electron chi connectivity index (χ4n) is 3.02. The molecule has 122 valence electrons. The van der Waals surface area contributed by atoms with Crippen molar-refractivity contribution in [1.82, 2.24) is 15.0 Å². The Kier molecular flexibility index (Phi) is 3.86. The molecule has 1 saturated heterocycles. The number of hydrogen-bond donors (Lipinski definition) is 0. The van der Waals surface area contributed by atoms with Gasteiger partial charge in [0.05, 0.1) is 12.2 Å². The minimum Gasteiger partial charge on any atom is -0.459 e. The van der Waals surface area contributed by atoms with E-state index >= 15 is 0 Å². The molecular weight excluding hydrogens is 306 g/mol. The van der Waals surface area contributed by atoms with Gasteiger partial charge in [-0.25, -0.2) is 0 Å². The van der Waals surface area contributed by atoms with Gasteiger partial charge in [-0.2, -0.15) is 4.98 Å². The summed E-state index contributed by atoms with van der Waals surface area (Å²) in [5.41, 5.74) is 0.923. The van der Waals surface area contributed by atoms with Crippen molar-refractivity contribution < 1.29 is 13.7 Å². The fourth-order valence-corrected chi connectivity index (χ4v) is 3.02. The molecule has 0 saturated carbocycles. The molecule has 0 radical (unpaired) electrons. The van der Waals surface area contributed by atoms with Crippen molar-refractivity contribution in [2.24, 2.45) is 0 Å². The van der Waals surface area contributed by atoms with Gasteiger partial charge in [0.15, 0.2) is 5.76 Å². The molecule has 4 rings (SSSR count). The predicted octanol–water partition coefficient (Wildman–Crippen LogP) is 3.35. The van der Waals surface area contributed by atoms with Crippen LogP contribution in [0.2, 0.25) is 0 Å². The summed E-state index contributed by atoms with van der Waals surface area (Å²) in [5, 5.41) is 4.07. The van der Waals surface area contributed by atoms with Crippen LogP contribution in [0.5, 0.6) is 0 Å². The maximum Gasteiger partial charge on any atom is 0.289 e. The third-order valence-corrected chi connectivity index (χ3v) is 4.26. The van der Waals surface area contributed by atoms with Crippen molar-refractivity contribution >= 4 is 5.91 Å². The van der Waals surface area contributed by atoms with Gasteiger partial charge in [0.25, 0.3) is 5.91 Å². The lowest BCUT2D eigenvalue weighted by Crippen LogP contribution is -2.39. The molecule has 2 aromatic heterocycles. The number of rotatable bonds is 3. The van der Waals surface area contributed by atoms with E-state index in [0.29, 0.717) is 24.0 Å². The molecule has 3 aromatic rings. The number of aromatic nitrogens is 2. The quantitative estimate of drug-likeness (QED) is 0.739. The van der Waals surface area contributed by atoms with Crippen molar-refractivity contribution in [1.29, 1.82) is 0 Å². The molecule has 0 bridgehead atoms. The zero-order chi connectivity index (χ0) is 16.4. The normalized spacial score (nSPS) is 17.8. The Labute approximate surface area is 139 Å². The summed E-state index contributed by atoms with van der Waals surface area (Å²) in [6.07, 6.45) is 3.34. The van der Waals surface area contributed by atoms with Crippen LogP contribution in [0.3, 0.4) is 0 Å². The zero-order valence-corrected chi connectivity index (χ0v) is 13.1. The van der Waals surface area contributed by atoms with Gasteiger partial charge in [-0.05, 0) is 25.0 Å². The number of benzene rings is 1. The summed E-state index contributed by atoms with van der Waals surface area (Å²) in [7, 11) is 0. The minimum absolute atomic E-state index is 0.0580. The second kappa shape index (κ2) is 6.31. The van der Waals surface area contributed by atoms with E-state index in [1.807, 2.05) is 30.3 Å². The molecule has 0 spiro atoms. The molecule has 1 aliphatic rings. The van der Waals surface area contributed by atoms with E-state index in [1.54, 1.807) is 17.0 Å². The number of nitrogens with zero attached hydrogens (tertiary/aromatic N) is 3. The molecule has 1 fully saturated rings. The Bertz CT molecular complexity index is 811. The summed E-state index contributed by atoms with van der Waals surface area (Å²) in [5.74, 6) is 1.51. The van der Waals surface area contributed by atoms with E-state index in [0.717, 1.165) is 24.9 Å². The summed E-state index contributed by atoms with van der Waals surface area (Å²) in [6.45, 7) is 1.28. The van der Waals surface area contributed by atoms with Gasteiger partial charge in [0.2, 0.25) is 11.7 Å². The van der Waals surface area contributed by atoms with E-state index < -0.39 is 0 Å². The van der Waals surface area contributed by atoms with Gasteiger partial charge < -0.3 is 13.8 Å². The SMILES string of the molecule is O=C(c1ccco1)N1CCC[C@H](c2nc(-c3ccccc3)no2)C1. The highest BCUT2D eigenvalue weighted by atomic mass is 16.5. The summed E-state index contributed by atoms with van der Waals surface area (Å²) in [4.78, 5) is 18.7. The van der Waals surface area contributed by atoms with Crippen LogP contribution in [-0.2, 0) is 0 Å². The zero-order valence-electron chi connectivity index (χ0n) is 13.1. The van der Waals surface area contributed by atoms with Gasteiger partial charge in [0, 0.05) is 18.7 Å². The van der Waals surface area contributed by atoms with Crippen LogP contribution in [0.1, 0.15) is 35.2 Å². The Morgan fingerprint density at radius 2 is 2.04 bits per heavy atom. The van der Waals surface area contributed by atoms with Crippen molar-refractivity contribution in [2.45, 2.75) is 18.8 Å². The Morgan fingerprint density at radius 1 is 1.17 bits per heavy atom. The standard InChI is InChI=1S/C18H17N3O3/c22-18(15-9-5-11-23-15)21-10-4-8-14(12-21)17-19-16(20-24-17)13-6-2-1-3-7-13/h1-3,5-7,9,11,14H,4,8,10,12H2/t14-/m0/s1. The van der Waals surface area contributed by atoms with Crippen molar-refractivity contribution in [2.75, 3.05) is 13.1 Å². The fraction of sp³-hybridized carbons (Fsp3) is 0.278. The average Bonchev–Trinajstić information content (AvgIpc) is 3.34. The lowest BCUT2D eigenvalue weighted by molar-refractivity contribution is 0.0663. The van der Waals surface area contributed by atoms with Crippen LogP contribution in [0.4, 0.5) is 0 Å². The maximum atomic E-state index is 12.4. The van der Waals surface area contributed by atoms with E-state index in [-0.39, 0.29) is 11.8 Å².